The van der Waals surface area contributed by atoms with E-state index in [2.05, 4.69) is 15.9 Å². The number of hydrogen-bond acceptors (Lipinski definition) is 2. The standard InChI is InChI=1S/C11H15BrO2/c1-4-14-10(13)11(12)8(2)6-5-7-9(11)3/h6-7H,4-5H2,1-3H3. The van der Waals surface area contributed by atoms with Gasteiger partial charge in [0.05, 0.1) is 6.61 Å². The van der Waals surface area contributed by atoms with Crippen molar-refractivity contribution in [3.63, 3.8) is 0 Å². The predicted octanol–water partition coefficient (Wildman–Crippen LogP) is 2.98. The summed E-state index contributed by atoms with van der Waals surface area (Å²) in [4.78, 5) is 11.8. The van der Waals surface area contributed by atoms with E-state index < -0.39 is 4.32 Å². The van der Waals surface area contributed by atoms with Gasteiger partial charge in [0.1, 0.15) is 0 Å². The second-order valence-corrected chi connectivity index (χ2v) is 4.58. The molecule has 1 rings (SSSR count). The first-order valence-corrected chi connectivity index (χ1v) is 5.53. The van der Waals surface area contributed by atoms with Gasteiger partial charge in [0.2, 0.25) is 0 Å². The first kappa shape index (κ1) is 11.5. The molecule has 1 aliphatic rings. The van der Waals surface area contributed by atoms with Crippen LogP contribution in [0.15, 0.2) is 23.3 Å². The minimum absolute atomic E-state index is 0.220. The molecule has 0 fully saturated rings. The Morgan fingerprint density at radius 2 is 2.00 bits per heavy atom. The quantitative estimate of drug-likeness (QED) is 0.433. The molecule has 0 aliphatic heterocycles. The maximum absolute atomic E-state index is 11.8. The molecule has 0 heterocycles. The van der Waals surface area contributed by atoms with E-state index in [-0.39, 0.29) is 5.97 Å². The molecule has 3 heteroatoms. The van der Waals surface area contributed by atoms with Crippen molar-refractivity contribution < 1.29 is 9.53 Å². The number of rotatable bonds is 2. The second kappa shape index (κ2) is 4.30. The zero-order valence-electron chi connectivity index (χ0n) is 8.76. The molecule has 0 radical (unpaired) electrons. The van der Waals surface area contributed by atoms with Crippen molar-refractivity contribution in [2.75, 3.05) is 6.61 Å². The van der Waals surface area contributed by atoms with Crippen LogP contribution in [-0.2, 0) is 9.53 Å². The second-order valence-electron chi connectivity index (χ2n) is 3.39. The lowest BCUT2D eigenvalue weighted by Gasteiger charge is -2.29. The molecule has 0 amide bonds. The maximum Gasteiger partial charge on any atom is 0.331 e. The highest BCUT2D eigenvalue weighted by Gasteiger charge is 2.41. The fourth-order valence-electron chi connectivity index (χ4n) is 1.56. The Hall–Kier alpha value is -0.570. The van der Waals surface area contributed by atoms with Gasteiger partial charge in [0.15, 0.2) is 4.32 Å². The summed E-state index contributed by atoms with van der Waals surface area (Å²) in [5.74, 6) is -0.220. The van der Waals surface area contributed by atoms with E-state index in [1.54, 1.807) is 0 Å². The Morgan fingerprint density at radius 1 is 1.50 bits per heavy atom. The fourth-order valence-corrected chi connectivity index (χ4v) is 2.00. The van der Waals surface area contributed by atoms with Crippen molar-refractivity contribution in [1.29, 1.82) is 0 Å². The minimum Gasteiger partial charge on any atom is -0.464 e. The van der Waals surface area contributed by atoms with E-state index in [9.17, 15) is 4.79 Å². The first-order valence-electron chi connectivity index (χ1n) is 4.74. The molecule has 14 heavy (non-hydrogen) atoms. The summed E-state index contributed by atoms with van der Waals surface area (Å²) in [6.45, 7) is 6.12. The van der Waals surface area contributed by atoms with Crippen molar-refractivity contribution in [2.24, 2.45) is 0 Å². The third-order valence-electron chi connectivity index (χ3n) is 2.49. The molecular formula is C11H15BrO2. The number of esters is 1. The number of carbonyl (C=O) groups is 1. The normalized spacial score (nSPS) is 19.7. The van der Waals surface area contributed by atoms with Gasteiger partial charge in [-0.25, -0.2) is 4.79 Å². The van der Waals surface area contributed by atoms with Gasteiger partial charge in [-0.05, 0) is 38.3 Å². The van der Waals surface area contributed by atoms with Crippen LogP contribution in [0, 0.1) is 0 Å². The molecule has 0 spiro atoms. The smallest absolute Gasteiger partial charge is 0.331 e. The molecule has 0 unspecified atom stereocenters. The van der Waals surface area contributed by atoms with Gasteiger partial charge < -0.3 is 4.74 Å². The molecule has 0 saturated heterocycles. The molecule has 0 saturated carbocycles. The number of alkyl halides is 1. The molecule has 2 nitrogen and oxygen atoms in total. The highest BCUT2D eigenvalue weighted by Crippen LogP contribution is 2.39. The molecular weight excluding hydrogens is 244 g/mol. The van der Waals surface area contributed by atoms with Gasteiger partial charge in [-0.1, -0.05) is 28.1 Å². The number of allylic oxidation sites excluding steroid dienone is 2. The van der Waals surface area contributed by atoms with Gasteiger partial charge in [-0.3, -0.25) is 0 Å². The Bertz CT molecular complexity index is 284. The zero-order chi connectivity index (χ0) is 10.8. The number of carbonyl (C=O) groups excluding carboxylic acids is 1. The molecule has 0 atom stereocenters. The van der Waals surface area contributed by atoms with Crippen molar-refractivity contribution >= 4 is 21.9 Å². The van der Waals surface area contributed by atoms with E-state index in [0.29, 0.717) is 6.61 Å². The van der Waals surface area contributed by atoms with Crippen LogP contribution in [0.25, 0.3) is 0 Å². The van der Waals surface area contributed by atoms with Crippen molar-refractivity contribution in [3.8, 4) is 0 Å². The summed E-state index contributed by atoms with van der Waals surface area (Å²) in [6.07, 6.45) is 4.97. The molecule has 0 aromatic heterocycles. The van der Waals surface area contributed by atoms with E-state index in [0.717, 1.165) is 17.6 Å². The molecule has 0 N–H and O–H groups in total. The Labute approximate surface area is 93.1 Å². The molecule has 0 aromatic rings. The SMILES string of the molecule is CCOC(=O)C1(Br)C(C)=CCC=C1C. The third kappa shape index (κ3) is 1.78. The molecule has 78 valence electrons. The summed E-state index contributed by atoms with van der Waals surface area (Å²) in [7, 11) is 0. The first-order chi connectivity index (χ1) is 6.53. The Morgan fingerprint density at radius 3 is 2.43 bits per heavy atom. The van der Waals surface area contributed by atoms with Gasteiger partial charge in [0.25, 0.3) is 0 Å². The van der Waals surface area contributed by atoms with Crippen LogP contribution in [0.3, 0.4) is 0 Å². The summed E-state index contributed by atoms with van der Waals surface area (Å²) < 4.78 is 4.34. The van der Waals surface area contributed by atoms with Crippen LogP contribution in [0.1, 0.15) is 27.2 Å². The topological polar surface area (TPSA) is 26.3 Å². The highest BCUT2D eigenvalue weighted by atomic mass is 79.9. The lowest BCUT2D eigenvalue weighted by atomic mass is 9.87. The van der Waals surface area contributed by atoms with Gasteiger partial charge in [-0.15, -0.1) is 0 Å². The van der Waals surface area contributed by atoms with Crippen molar-refractivity contribution in [2.45, 2.75) is 31.5 Å². The van der Waals surface area contributed by atoms with E-state index >= 15 is 0 Å². The monoisotopic (exact) mass is 258 g/mol. The van der Waals surface area contributed by atoms with E-state index in [1.165, 1.54) is 0 Å². The van der Waals surface area contributed by atoms with Gasteiger partial charge in [-0.2, -0.15) is 0 Å². The highest BCUT2D eigenvalue weighted by molar-refractivity contribution is 9.10. The fraction of sp³-hybridized carbons (Fsp3) is 0.545. The lowest BCUT2D eigenvalue weighted by molar-refractivity contribution is -0.143. The van der Waals surface area contributed by atoms with Crippen molar-refractivity contribution in [1.82, 2.24) is 0 Å². The van der Waals surface area contributed by atoms with E-state index in [1.807, 2.05) is 32.9 Å². The van der Waals surface area contributed by atoms with E-state index in [4.69, 9.17) is 4.74 Å². The van der Waals surface area contributed by atoms with Crippen LogP contribution < -0.4 is 0 Å². The minimum atomic E-state index is -0.721. The summed E-state index contributed by atoms with van der Waals surface area (Å²) in [6, 6.07) is 0. The van der Waals surface area contributed by atoms with Crippen LogP contribution >= 0.6 is 15.9 Å². The zero-order valence-corrected chi connectivity index (χ0v) is 10.3. The average molecular weight is 259 g/mol. The Balaban J connectivity index is 3.00. The number of ether oxygens (including phenoxy) is 1. The molecule has 1 aliphatic carbocycles. The Kier molecular flexibility index (Phi) is 3.53. The lowest BCUT2D eigenvalue weighted by Crippen LogP contribution is -2.37. The summed E-state index contributed by atoms with van der Waals surface area (Å²) in [5.41, 5.74) is 2.02. The number of halogens is 1. The van der Waals surface area contributed by atoms with Crippen LogP contribution in [0.5, 0.6) is 0 Å². The average Bonchev–Trinajstić information content (AvgIpc) is 2.14. The number of hydrogen-bond donors (Lipinski definition) is 0. The summed E-state index contributed by atoms with van der Waals surface area (Å²) >= 11 is 3.48. The third-order valence-corrected chi connectivity index (χ3v) is 4.07. The van der Waals surface area contributed by atoms with Crippen LogP contribution in [0.4, 0.5) is 0 Å². The maximum atomic E-state index is 11.8. The van der Waals surface area contributed by atoms with Crippen LogP contribution in [0.2, 0.25) is 0 Å². The van der Waals surface area contributed by atoms with Gasteiger partial charge in [0, 0.05) is 0 Å². The largest absolute Gasteiger partial charge is 0.464 e. The van der Waals surface area contributed by atoms with Gasteiger partial charge >= 0.3 is 5.97 Å². The molecule has 0 aromatic carbocycles. The molecule has 0 bridgehead atoms. The summed E-state index contributed by atoms with van der Waals surface area (Å²) in [5, 5.41) is 0. The van der Waals surface area contributed by atoms with Crippen LogP contribution in [-0.4, -0.2) is 16.9 Å². The predicted molar refractivity (Wildman–Crippen MR) is 60.4 cm³/mol. The van der Waals surface area contributed by atoms with Crippen molar-refractivity contribution in [3.05, 3.63) is 23.3 Å².